The number of nitrogens with one attached hydrogen (secondary N) is 1. The normalized spacial score (nSPS) is 25.5. The van der Waals surface area contributed by atoms with Crippen LogP contribution in [0.3, 0.4) is 0 Å². The molecule has 3 atom stereocenters. The Morgan fingerprint density at radius 2 is 1.97 bits per heavy atom. The largest absolute Gasteiger partial charge is 0.394 e. The molecule has 1 aliphatic carbocycles. The number of fused-ring (bicyclic) bond motifs is 1. The van der Waals surface area contributed by atoms with Crippen molar-refractivity contribution in [3.8, 4) is 11.8 Å². The van der Waals surface area contributed by atoms with Gasteiger partial charge in [-0.2, -0.15) is 0 Å². The van der Waals surface area contributed by atoms with E-state index in [0.29, 0.717) is 13.1 Å². The van der Waals surface area contributed by atoms with E-state index in [1.54, 1.807) is 9.80 Å². The van der Waals surface area contributed by atoms with E-state index in [-0.39, 0.29) is 43.1 Å². The van der Waals surface area contributed by atoms with Crippen LogP contribution in [0.1, 0.15) is 62.5 Å². The Balaban J connectivity index is 1.43. The molecule has 2 saturated heterocycles. The number of carbonyl (C=O) groups is 2. The summed E-state index contributed by atoms with van der Waals surface area (Å²) >= 11 is 0. The van der Waals surface area contributed by atoms with Crippen LogP contribution in [0, 0.1) is 17.8 Å². The van der Waals surface area contributed by atoms with E-state index in [0.717, 1.165) is 29.9 Å². The molecule has 0 bridgehead atoms. The van der Waals surface area contributed by atoms with Gasteiger partial charge in [-0.1, -0.05) is 43.7 Å². The SMILES string of the molecule is CCCNC(=O)N1CC(=O)N2[C@H](CO)[C@@H](c3ccc(C#CCC4CCCC4)cc3)[C@H]2C1. The van der Waals surface area contributed by atoms with Gasteiger partial charge in [-0.3, -0.25) is 4.79 Å². The van der Waals surface area contributed by atoms with Crippen LogP contribution in [0.15, 0.2) is 24.3 Å². The topological polar surface area (TPSA) is 72.9 Å². The molecule has 1 saturated carbocycles. The molecule has 4 rings (SSSR count). The van der Waals surface area contributed by atoms with Gasteiger partial charge in [-0.25, -0.2) is 4.79 Å². The van der Waals surface area contributed by atoms with Crippen molar-refractivity contribution in [2.75, 3.05) is 26.2 Å². The van der Waals surface area contributed by atoms with Gasteiger partial charge in [0.2, 0.25) is 5.91 Å². The maximum atomic E-state index is 12.6. The fourth-order valence-corrected chi connectivity index (χ4v) is 5.30. The molecular formula is C25H33N3O3. The van der Waals surface area contributed by atoms with Gasteiger partial charge in [0.15, 0.2) is 0 Å². The summed E-state index contributed by atoms with van der Waals surface area (Å²) in [6.45, 7) is 3.10. The number of benzene rings is 1. The maximum absolute atomic E-state index is 12.6. The summed E-state index contributed by atoms with van der Waals surface area (Å²) in [5.41, 5.74) is 2.09. The van der Waals surface area contributed by atoms with E-state index in [9.17, 15) is 14.7 Å². The van der Waals surface area contributed by atoms with Crippen LogP contribution in [0.4, 0.5) is 4.79 Å². The number of aliphatic hydroxyl groups is 1. The Bertz CT molecular complexity index is 851. The first-order valence-electron chi connectivity index (χ1n) is 11.7. The molecule has 31 heavy (non-hydrogen) atoms. The maximum Gasteiger partial charge on any atom is 0.317 e. The molecule has 0 unspecified atom stereocenters. The minimum atomic E-state index is -0.224. The molecule has 0 radical (unpaired) electrons. The second-order valence-corrected chi connectivity index (χ2v) is 9.03. The monoisotopic (exact) mass is 423 g/mol. The van der Waals surface area contributed by atoms with Gasteiger partial charge in [0.25, 0.3) is 0 Å². The van der Waals surface area contributed by atoms with Crippen molar-refractivity contribution in [2.45, 2.75) is 63.5 Å². The van der Waals surface area contributed by atoms with Gasteiger partial charge in [0.05, 0.1) is 18.7 Å². The summed E-state index contributed by atoms with van der Waals surface area (Å²) in [6.07, 6.45) is 7.13. The lowest BCUT2D eigenvalue weighted by Crippen LogP contribution is -2.73. The lowest BCUT2D eigenvalue weighted by Gasteiger charge is -2.58. The molecule has 2 heterocycles. The standard InChI is InChI=1S/C25H33N3O3/c1-2-14-26-25(31)27-15-21-24(22(17-29)28(21)23(30)16-27)20-12-10-19(11-13-20)9-5-8-18-6-3-4-7-18/h10-13,18,21-22,24,29H,2-4,6-8,14-17H2,1H3,(H,26,31)/t21-,22-,24+/m1/s1. The van der Waals surface area contributed by atoms with Crippen LogP contribution in [0.2, 0.25) is 0 Å². The molecule has 2 N–H and O–H groups in total. The highest BCUT2D eigenvalue weighted by molar-refractivity contribution is 5.87. The number of aliphatic hydroxyl groups excluding tert-OH is 1. The van der Waals surface area contributed by atoms with Gasteiger partial charge in [0.1, 0.15) is 6.54 Å². The first-order chi connectivity index (χ1) is 15.1. The van der Waals surface area contributed by atoms with Crippen LogP contribution in [-0.2, 0) is 4.79 Å². The molecule has 1 aromatic rings. The second-order valence-electron chi connectivity index (χ2n) is 9.03. The van der Waals surface area contributed by atoms with E-state index >= 15 is 0 Å². The van der Waals surface area contributed by atoms with E-state index in [1.807, 2.05) is 19.1 Å². The van der Waals surface area contributed by atoms with Crippen LogP contribution in [-0.4, -0.2) is 65.2 Å². The van der Waals surface area contributed by atoms with Crippen molar-refractivity contribution >= 4 is 11.9 Å². The van der Waals surface area contributed by atoms with E-state index in [2.05, 4.69) is 29.3 Å². The third-order valence-electron chi connectivity index (χ3n) is 6.96. The van der Waals surface area contributed by atoms with Crippen LogP contribution < -0.4 is 5.32 Å². The first kappa shape index (κ1) is 21.7. The van der Waals surface area contributed by atoms with Gasteiger partial charge >= 0.3 is 6.03 Å². The summed E-state index contributed by atoms with van der Waals surface area (Å²) in [4.78, 5) is 28.4. The number of hydrogen-bond acceptors (Lipinski definition) is 3. The van der Waals surface area contributed by atoms with Gasteiger partial charge in [0, 0.05) is 31.0 Å². The lowest BCUT2D eigenvalue weighted by molar-refractivity contribution is -0.159. The third kappa shape index (κ3) is 4.57. The average Bonchev–Trinajstić information content (AvgIpc) is 3.28. The molecule has 6 heteroatoms. The zero-order valence-corrected chi connectivity index (χ0v) is 18.3. The molecule has 3 aliphatic rings. The summed E-state index contributed by atoms with van der Waals surface area (Å²) in [5, 5.41) is 12.8. The Hall–Kier alpha value is -2.52. The smallest absolute Gasteiger partial charge is 0.317 e. The number of nitrogens with zero attached hydrogens (tertiary/aromatic N) is 2. The zero-order valence-electron chi connectivity index (χ0n) is 18.3. The molecule has 6 nitrogen and oxygen atoms in total. The molecule has 3 amide bonds. The van der Waals surface area contributed by atoms with Gasteiger partial charge < -0.3 is 20.2 Å². The Kier molecular flexibility index (Phi) is 6.82. The van der Waals surface area contributed by atoms with Crippen LogP contribution in [0.5, 0.6) is 0 Å². The van der Waals surface area contributed by atoms with Crippen molar-refractivity contribution in [2.24, 2.45) is 5.92 Å². The van der Waals surface area contributed by atoms with E-state index in [1.165, 1.54) is 25.7 Å². The minimum absolute atomic E-state index is 0.0243. The molecular weight excluding hydrogens is 390 g/mol. The Morgan fingerprint density at radius 1 is 1.23 bits per heavy atom. The van der Waals surface area contributed by atoms with Crippen molar-refractivity contribution < 1.29 is 14.7 Å². The number of amides is 3. The number of carbonyl (C=O) groups excluding carboxylic acids is 2. The zero-order chi connectivity index (χ0) is 21.8. The minimum Gasteiger partial charge on any atom is -0.394 e. The number of rotatable bonds is 5. The first-order valence-corrected chi connectivity index (χ1v) is 11.7. The molecule has 1 aromatic carbocycles. The quantitative estimate of drug-likeness (QED) is 0.716. The van der Waals surface area contributed by atoms with Crippen LogP contribution in [0.25, 0.3) is 0 Å². The predicted octanol–water partition coefficient (Wildman–Crippen LogP) is 2.71. The Morgan fingerprint density at radius 3 is 2.65 bits per heavy atom. The lowest BCUT2D eigenvalue weighted by atomic mass is 9.73. The van der Waals surface area contributed by atoms with Crippen molar-refractivity contribution in [3.63, 3.8) is 0 Å². The third-order valence-corrected chi connectivity index (χ3v) is 6.96. The van der Waals surface area contributed by atoms with Crippen molar-refractivity contribution in [3.05, 3.63) is 35.4 Å². The van der Waals surface area contributed by atoms with Crippen molar-refractivity contribution in [1.29, 1.82) is 0 Å². The molecule has 2 aliphatic heterocycles. The Labute approximate surface area is 185 Å². The van der Waals surface area contributed by atoms with Gasteiger partial charge in [-0.15, -0.1) is 0 Å². The molecule has 0 spiro atoms. The van der Waals surface area contributed by atoms with Crippen molar-refractivity contribution in [1.82, 2.24) is 15.1 Å². The predicted molar refractivity (Wildman–Crippen MR) is 119 cm³/mol. The fraction of sp³-hybridized carbons (Fsp3) is 0.600. The molecule has 3 fully saturated rings. The fourth-order valence-electron chi connectivity index (χ4n) is 5.30. The average molecular weight is 424 g/mol. The number of hydrogen-bond donors (Lipinski definition) is 2. The summed E-state index contributed by atoms with van der Waals surface area (Å²) in [6, 6.07) is 7.68. The van der Waals surface area contributed by atoms with E-state index < -0.39 is 0 Å². The number of piperazine rings is 1. The summed E-state index contributed by atoms with van der Waals surface area (Å²) in [7, 11) is 0. The second kappa shape index (κ2) is 9.74. The molecule has 0 aromatic heterocycles. The summed E-state index contributed by atoms with van der Waals surface area (Å²) in [5.74, 6) is 7.31. The highest BCUT2D eigenvalue weighted by atomic mass is 16.3. The van der Waals surface area contributed by atoms with E-state index in [4.69, 9.17) is 0 Å². The molecule has 166 valence electrons. The van der Waals surface area contributed by atoms with Crippen LogP contribution >= 0.6 is 0 Å². The number of urea groups is 1. The summed E-state index contributed by atoms with van der Waals surface area (Å²) < 4.78 is 0. The van der Waals surface area contributed by atoms with Gasteiger partial charge in [-0.05, 0) is 42.9 Å². The highest BCUT2D eigenvalue weighted by Crippen LogP contribution is 2.42. The highest BCUT2D eigenvalue weighted by Gasteiger charge is 2.54.